The number of carboxylic acids is 1. The van der Waals surface area contributed by atoms with Crippen molar-refractivity contribution in [3.63, 3.8) is 0 Å². The Morgan fingerprint density at radius 2 is 2.18 bits per heavy atom. The molecule has 92 valence electrons. The molecule has 0 spiro atoms. The Hall–Kier alpha value is -1.49. The lowest BCUT2D eigenvalue weighted by atomic mass is 10.2. The topological polar surface area (TPSA) is 66.4 Å². The summed E-state index contributed by atoms with van der Waals surface area (Å²) in [5.74, 6) is -0.199. The lowest BCUT2D eigenvalue weighted by Gasteiger charge is -2.05. The number of rotatable bonds is 6. The Morgan fingerprint density at radius 1 is 1.41 bits per heavy atom. The number of benzene rings is 1. The van der Waals surface area contributed by atoms with Gasteiger partial charge in [-0.1, -0.05) is 13.0 Å². The molecular weight excluding hydrogens is 238 g/mol. The Labute approximate surface area is 104 Å². The lowest BCUT2D eigenvalue weighted by Crippen LogP contribution is -2.25. The summed E-state index contributed by atoms with van der Waals surface area (Å²) in [6.07, 6.45) is -0.0604. The van der Waals surface area contributed by atoms with Gasteiger partial charge < -0.3 is 10.4 Å². The molecule has 0 saturated heterocycles. The minimum atomic E-state index is -0.916. The second-order valence-corrected chi connectivity index (χ2v) is 4.70. The molecule has 1 aromatic rings. The van der Waals surface area contributed by atoms with Gasteiger partial charge in [0.15, 0.2) is 0 Å². The molecule has 5 heteroatoms. The van der Waals surface area contributed by atoms with E-state index in [1.165, 1.54) is 0 Å². The van der Waals surface area contributed by atoms with Crippen molar-refractivity contribution in [2.24, 2.45) is 0 Å². The van der Waals surface area contributed by atoms with Gasteiger partial charge in [0, 0.05) is 17.0 Å². The van der Waals surface area contributed by atoms with Crippen molar-refractivity contribution in [1.29, 1.82) is 0 Å². The second-order valence-electron chi connectivity index (χ2n) is 3.36. The van der Waals surface area contributed by atoms with Crippen molar-refractivity contribution < 1.29 is 14.7 Å². The maximum absolute atomic E-state index is 11.7. The quantitative estimate of drug-likeness (QED) is 0.761. The highest BCUT2D eigenvalue weighted by molar-refractivity contribution is 7.99. The monoisotopic (exact) mass is 253 g/mol. The second kappa shape index (κ2) is 6.96. The van der Waals surface area contributed by atoms with E-state index in [9.17, 15) is 9.59 Å². The van der Waals surface area contributed by atoms with E-state index >= 15 is 0 Å². The first-order valence-corrected chi connectivity index (χ1v) is 6.35. The summed E-state index contributed by atoms with van der Waals surface area (Å²) in [7, 11) is 0. The smallest absolute Gasteiger partial charge is 0.305 e. The molecule has 0 fully saturated rings. The Morgan fingerprint density at radius 3 is 2.82 bits per heavy atom. The molecule has 1 amide bonds. The molecule has 2 N–H and O–H groups in total. The van der Waals surface area contributed by atoms with Crippen LogP contribution in [0.3, 0.4) is 0 Å². The van der Waals surface area contributed by atoms with Crippen LogP contribution < -0.4 is 5.32 Å². The predicted octanol–water partition coefficient (Wildman–Crippen LogP) is 2.00. The van der Waals surface area contributed by atoms with Crippen molar-refractivity contribution in [3.8, 4) is 0 Å². The van der Waals surface area contributed by atoms with E-state index in [0.29, 0.717) is 5.56 Å². The summed E-state index contributed by atoms with van der Waals surface area (Å²) in [5, 5.41) is 11.0. The zero-order valence-electron chi connectivity index (χ0n) is 9.60. The van der Waals surface area contributed by atoms with Crippen LogP contribution in [0.4, 0.5) is 0 Å². The minimum absolute atomic E-state index is 0.0604. The number of carbonyl (C=O) groups is 2. The highest BCUT2D eigenvalue weighted by Crippen LogP contribution is 2.18. The SMILES string of the molecule is CCSc1cccc(C(=O)NCCC(=O)O)c1. The van der Waals surface area contributed by atoms with E-state index in [-0.39, 0.29) is 18.9 Å². The maximum atomic E-state index is 11.7. The molecule has 1 rings (SSSR count). The van der Waals surface area contributed by atoms with Gasteiger partial charge in [-0.05, 0) is 24.0 Å². The number of carbonyl (C=O) groups excluding carboxylic acids is 1. The van der Waals surface area contributed by atoms with Crippen molar-refractivity contribution in [3.05, 3.63) is 29.8 Å². The number of aliphatic carboxylic acids is 1. The van der Waals surface area contributed by atoms with Gasteiger partial charge in [0.05, 0.1) is 6.42 Å². The lowest BCUT2D eigenvalue weighted by molar-refractivity contribution is -0.136. The number of amides is 1. The molecule has 17 heavy (non-hydrogen) atoms. The van der Waals surface area contributed by atoms with E-state index < -0.39 is 5.97 Å². The van der Waals surface area contributed by atoms with Crippen LogP contribution in [0.2, 0.25) is 0 Å². The largest absolute Gasteiger partial charge is 0.481 e. The van der Waals surface area contributed by atoms with E-state index in [1.807, 2.05) is 25.1 Å². The summed E-state index contributed by atoms with van der Waals surface area (Å²) in [5.41, 5.74) is 0.564. The highest BCUT2D eigenvalue weighted by Gasteiger charge is 2.06. The van der Waals surface area contributed by atoms with Crippen molar-refractivity contribution >= 4 is 23.6 Å². The Bertz CT molecular complexity index is 406. The third kappa shape index (κ3) is 4.91. The van der Waals surface area contributed by atoms with Crippen LogP contribution in [0.25, 0.3) is 0 Å². The zero-order valence-corrected chi connectivity index (χ0v) is 10.4. The molecule has 1 aromatic carbocycles. The van der Waals surface area contributed by atoms with Gasteiger partial charge in [0.25, 0.3) is 5.91 Å². The molecule has 0 unspecified atom stereocenters. The molecule has 0 aliphatic rings. The van der Waals surface area contributed by atoms with Gasteiger partial charge in [-0.15, -0.1) is 11.8 Å². The molecule has 0 aliphatic heterocycles. The molecule has 0 radical (unpaired) electrons. The van der Waals surface area contributed by atoms with Crippen LogP contribution >= 0.6 is 11.8 Å². The summed E-state index contributed by atoms with van der Waals surface area (Å²) in [6, 6.07) is 7.30. The molecule has 0 atom stereocenters. The van der Waals surface area contributed by atoms with Gasteiger partial charge in [0.2, 0.25) is 0 Å². The molecule has 0 bridgehead atoms. The van der Waals surface area contributed by atoms with Gasteiger partial charge in [0.1, 0.15) is 0 Å². The van der Waals surface area contributed by atoms with Gasteiger partial charge >= 0.3 is 5.97 Å². The number of hydrogen-bond acceptors (Lipinski definition) is 3. The molecule has 0 aromatic heterocycles. The van der Waals surface area contributed by atoms with E-state index in [1.54, 1.807) is 17.8 Å². The fourth-order valence-electron chi connectivity index (χ4n) is 1.28. The first-order valence-electron chi connectivity index (χ1n) is 5.36. The Balaban J connectivity index is 2.56. The standard InChI is InChI=1S/C12H15NO3S/c1-2-17-10-5-3-4-9(8-10)12(16)13-7-6-11(14)15/h3-5,8H,2,6-7H2,1H3,(H,13,16)(H,14,15). The van der Waals surface area contributed by atoms with Crippen LogP contribution in [0.1, 0.15) is 23.7 Å². The van der Waals surface area contributed by atoms with Crippen LogP contribution in [0, 0.1) is 0 Å². The number of hydrogen-bond donors (Lipinski definition) is 2. The van der Waals surface area contributed by atoms with Crippen LogP contribution in [-0.4, -0.2) is 29.3 Å². The average Bonchev–Trinajstić information content (AvgIpc) is 2.29. The zero-order chi connectivity index (χ0) is 12.7. The van der Waals surface area contributed by atoms with Crippen LogP contribution in [0.5, 0.6) is 0 Å². The summed E-state index contributed by atoms with van der Waals surface area (Å²) in [6.45, 7) is 2.20. The van der Waals surface area contributed by atoms with Crippen molar-refractivity contribution in [2.75, 3.05) is 12.3 Å². The van der Waals surface area contributed by atoms with E-state index in [4.69, 9.17) is 5.11 Å². The number of nitrogens with one attached hydrogen (secondary N) is 1. The number of carboxylic acid groups (broad SMARTS) is 1. The summed E-state index contributed by atoms with van der Waals surface area (Å²) < 4.78 is 0. The summed E-state index contributed by atoms with van der Waals surface area (Å²) >= 11 is 1.66. The normalized spacial score (nSPS) is 9.94. The van der Waals surface area contributed by atoms with Crippen LogP contribution in [-0.2, 0) is 4.79 Å². The fourth-order valence-corrected chi connectivity index (χ4v) is 2.00. The van der Waals surface area contributed by atoms with Gasteiger partial charge in [-0.3, -0.25) is 9.59 Å². The average molecular weight is 253 g/mol. The molecular formula is C12H15NO3S. The first-order chi connectivity index (χ1) is 8.13. The van der Waals surface area contributed by atoms with E-state index in [2.05, 4.69) is 5.32 Å². The van der Waals surface area contributed by atoms with Crippen molar-refractivity contribution in [1.82, 2.24) is 5.32 Å². The molecule has 0 heterocycles. The maximum Gasteiger partial charge on any atom is 0.305 e. The Kier molecular flexibility index (Phi) is 5.56. The molecule has 4 nitrogen and oxygen atoms in total. The first kappa shape index (κ1) is 13.6. The van der Waals surface area contributed by atoms with Gasteiger partial charge in [-0.2, -0.15) is 0 Å². The predicted molar refractivity (Wildman–Crippen MR) is 67.4 cm³/mol. The van der Waals surface area contributed by atoms with Crippen molar-refractivity contribution in [2.45, 2.75) is 18.2 Å². The molecule has 0 saturated carbocycles. The van der Waals surface area contributed by atoms with Gasteiger partial charge in [-0.25, -0.2) is 0 Å². The van der Waals surface area contributed by atoms with Crippen LogP contribution in [0.15, 0.2) is 29.2 Å². The minimum Gasteiger partial charge on any atom is -0.481 e. The summed E-state index contributed by atoms with van der Waals surface area (Å²) in [4.78, 5) is 23.0. The molecule has 0 aliphatic carbocycles. The van der Waals surface area contributed by atoms with E-state index in [0.717, 1.165) is 10.6 Å². The third-order valence-electron chi connectivity index (χ3n) is 2.03. The number of thioether (sulfide) groups is 1. The third-order valence-corrected chi connectivity index (χ3v) is 2.91. The fraction of sp³-hybridized carbons (Fsp3) is 0.333. The highest BCUT2D eigenvalue weighted by atomic mass is 32.2.